The normalized spacial score (nSPS) is 15.6. The predicted octanol–water partition coefficient (Wildman–Crippen LogP) is 2.07. The Bertz CT molecular complexity index is 1230. The van der Waals surface area contributed by atoms with Gasteiger partial charge in [0.15, 0.2) is 0 Å². The molecule has 5 rings (SSSR count). The molecule has 7 heteroatoms. The van der Waals surface area contributed by atoms with E-state index in [0.717, 1.165) is 48.8 Å². The summed E-state index contributed by atoms with van der Waals surface area (Å²) in [4.78, 5) is 26.6. The summed E-state index contributed by atoms with van der Waals surface area (Å²) >= 11 is 0. The molecule has 7 nitrogen and oxygen atoms in total. The molecule has 0 spiro atoms. The highest BCUT2D eigenvalue weighted by Crippen LogP contribution is 2.20. The predicted molar refractivity (Wildman–Crippen MR) is 110 cm³/mol. The van der Waals surface area contributed by atoms with Gasteiger partial charge in [-0.3, -0.25) is 9.20 Å². The lowest BCUT2D eigenvalue weighted by atomic mass is 10.2. The molecule has 0 radical (unpaired) electrons. The number of hydrogen-bond acceptors (Lipinski definition) is 5. The molecule has 0 amide bonds. The quantitative estimate of drug-likeness (QED) is 0.538. The molecule has 0 aromatic carbocycles. The van der Waals surface area contributed by atoms with Crippen molar-refractivity contribution in [3.05, 3.63) is 65.0 Å². The summed E-state index contributed by atoms with van der Waals surface area (Å²) in [5, 5.41) is 0. The number of nitrogens with zero attached hydrogens (tertiary/aromatic N) is 6. The number of piperazine rings is 1. The van der Waals surface area contributed by atoms with Gasteiger partial charge in [-0.25, -0.2) is 9.97 Å². The van der Waals surface area contributed by atoms with Crippen LogP contribution in [-0.4, -0.2) is 56.9 Å². The Balaban J connectivity index is 1.54. The van der Waals surface area contributed by atoms with E-state index in [2.05, 4.69) is 27.9 Å². The van der Waals surface area contributed by atoms with Gasteiger partial charge in [-0.05, 0) is 38.2 Å². The van der Waals surface area contributed by atoms with E-state index in [-0.39, 0.29) is 5.56 Å². The lowest BCUT2D eigenvalue weighted by molar-refractivity contribution is 0.313. The zero-order valence-corrected chi connectivity index (χ0v) is 16.0. The number of pyridine rings is 2. The molecular weight excluding hydrogens is 352 g/mol. The van der Waals surface area contributed by atoms with Crippen molar-refractivity contribution in [1.82, 2.24) is 23.7 Å². The van der Waals surface area contributed by atoms with Crippen LogP contribution in [0.2, 0.25) is 0 Å². The number of anilines is 1. The number of rotatable bonds is 2. The fourth-order valence-corrected chi connectivity index (χ4v) is 3.76. The van der Waals surface area contributed by atoms with E-state index >= 15 is 0 Å². The summed E-state index contributed by atoms with van der Waals surface area (Å²) in [6, 6.07) is 9.51. The molecule has 4 aromatic heterocycles. The van der Waals surface area contributed by atoms with Crippen LogP contribution in [0.15, 0.2) is 53.7 Å². The number of fused-ring (bicyclic) bond motifs is 2. The highest BCUT2D eigenvalue weighted by molar-refractivity contribution is 5.66. The maximum atomic E-state index is 12.8. The van der Waals surface area contributed by atoms with Gasteiger partial charge in [0.2, 0.25) is 0 Å². The standard InChI is InChI=1S/C21H22N6O/c1-15-13-26-6-5-16(11-20(26)22-15)18-12-21(28)27-14-17(3-4-19(27)23-18)25-9-7-24(2)8-10-25/h3-6,11-14H,7-10H2,1-2H3. The molecule has 0 saturated carbocycles. The molecule has 0 aliphatic carbocycles. The van der Waals surface area contributed by atoms with E-state index in [1.165, 1.54) is 0 Å². The van der Waals surface area contributed by atoms with Crippen LogP contribution in [0.1, 0.15) is 5.69 Å². The average Bonchev–Trinajstić information content (AvgIpc) is 3.07. The minimum absolute atomic E-state index is 0.0737. The zero-order chi connectivity index (χ0) is 19.3. The van der Waals surface area contributed by atoms with Crippen LogP contribution >= 0.6 is 0 Å². The van der Waals surface area contributed by atoms with E-state index in [1.54, 1.807) is 10.5 Å². The second-order valence-corrected chi connectivity index (χ2v) is 7.45. The van der Waals surface area contributed by atoms with Crippen LogP contribution in [0.4, 0.5) is 5.69 Å². The Kier molecular flexibility index (Phi) is 3.91. The van der Waals surface area contributed by atoms with Gasteiger partial charge in [0.25, 0.3) is 5.56 Å². The Morgan fingerprint density at radius 3 is 2.57 bits per heavy atom. The van der Waals surface area contributed by atoms with Gasteiger partial charge in [-0.1, -0.05) is 0 Å². The first-order valence-corrected chi connectivity index (χ1v) is 9.49. The number of aromatic nitrogens is 4. The molecule has 0 N–H and O–H groups in total. The summed E-state index contributed by atoms with van der Waals surface area (Å²) in [5.41, 5.74) is 5.01. The second-order valence-electron chi connectivity index (χ2n) is 7.45. The molecule has 0 atom stereocenters. The minimum Gasteiger partial charge on any atom is -0.368 e. The third-order valence-electron chi connectivity index (χ3n) is 5.39. The second kappa shape index (κ2) is 6.45. The van der Waals surface area contributed by atoms with Crippen LogP contribution in [0.5, 0.6) is 0 Å². The lowest BCUT2D eigenvalue weighted by Crippen LogP contribution is -2.44. The first-order valence-electron chi connectivity index (χ1n) is 9.49. The molecule has 0 unspecified atom stereocenters. The lowest BCUT2D eigenvalue weighted by Gasteiger charge is -2.34. The van der Waals surface area contributed by atoms with E-state index in [4.69, 9.17) is 4.98 Å². The van der Waals surface area contributed by atoms with Crippen molar-refractivity contribution in [3.8, 4) is 11.3 Å². The smallest absolute Gasteiger partial charge is 0.258 e. The molecular formula is C21H22N6O. The summed E-state index contributed by atoms with van der Waals surface area (Å²) in [6.07, 6.45) is 5.83. The van der Waals surface area contributed by atoms with Crippen LogP contribution in [0, 0.1) is 6.92 Å². The number of imidazole rings is 1. The molecule has 142 valence electrons. The first kappa shape index (κ1) is 16.9. The van der Waals surface area contributed by atoms with Crippen molar-refractivity contribution in [2.45, 2.75) is 6.92 Å². The molecule has 1 aliphatic rings. The highest BCUT2D eigenvalue weighted by atomic mass is 16.1. The van der Waals surface area contributed by atoms with Crippen molar-refractivity contribution >= 4 is 17.0 Å². The Morgan fingerprint density at radius 1 is 0.929 bits per heavy atom. The fraction of sp³-hybridized carbons (Fsp3) is 0.286. The van der Waals surface area contributed by atoms with Gasteiger partial charge < -0.3 is 14.2 Å². The van der Waals surface area contributed by atoms with Crippen LogP contribution in [0.25, 0.3) is 22.6 Å². The molecule has 5 heterocycles. The minimum atomic E-state index is -0.0737. The van der Waals surface area contributed by atoms with Crippen LogP contribution < -0.4 is 10.5 Å². The zero-order valence-electron chi connectivity index (χ0n) is 16.0. The summed E-state index contributed by atoms with van der Waals surface area (Å²) < 4.78 is 3.60. The summed E-state index contributed by atoms with van der Waals surface area (Å²) in [6.45, 7) is 5.95. The van der Waals surface area contributed by atoms with Crippen molar-refractivity contribution in [1.29, 1.82) is 0 Å². The fourth-order valence-electron chi connectivity index (χ4n) is 3.76. The van der Waals surface area contributed by atoms with E-state index in [9.17, 15) is 4.79 Å². The first-order chi connectivity index (χ1) is 13.6. The van der Waals surface area contributed by atoms with Crippen LogP contribution in [-0.2, 0) is 0 Å². The Labute approximate surface area is 162 Å². The maximum absolute atomic E-state index is 12.8. The van der Waals surface area contributed by atoms with Crippen molar-refractivity contribution < 1.29 is 0 Å². The van der Waals surface area contributed by atoms with Gasteiger partial charge in [-0.2, -0.15) is 0 Å². The Morgan fingerprint density at radius 2 is 1.75 bits per heavy atom. The van der Waals surface area contributed by atoms with Gasteiger partial charge in [-0.15, -0.1) is 0 Å². The molecule has 28 heavy (non-hydrogen) atoms. The van der Waals surface area contributed by atoms with E-state index < -0.39 is 0 Å². The molecule has 0 bridgehead atoms. The van der Waals surface area contributed by atoms with Crippen molar-refractivity contribution in [2.75, 3.05) is 38.1 Å². The van der Waals surface area contributed by atoms with Gasteiger partial charge in [0.05, 0.1) is 17.1 Å². The topological polar surface area (TPSA) is 58.2 Å². The summed E-state index contributed by atoms with van der Waals surface area (Å²) in [7, 11) is 2.13. The Hall–Kier alpha value is -3.19. The number of likely N-dealkylation sites (N-methyl/N-ethyl adjacent to an activating group) is 1. The third-order valence-corrected chi connectivity index (χ3v) is 5.39. The van der Waals surface area contributed by atoms with Gasteiger partial charge in [0, 0.05) is 56.4 Å². The third kappa shape index (κ3) is 2.93. The molecule has 1 saturated heterocycles. The maximum Gasteiger partial charge on any atom is 0.258 e. The molecule has 1 aliphatic heterocycles. The average molecular weight is 374 g/mol. The van der Waals surface area contributed by atoms with Gasteiger partial charge >= 0.3 is 0 Å². The van der Waals surface area contributed by atoms with E-state index in [0.29, 0.717) is 11.3 Å². The monoisotopic (exact) mass is 374 g/mol. The molecule has 4 aromatic rings. The van der Waals surface area contributed by atoms with Crippen molar-refractivity contribution in [3.63, 3.8) is 0 Å². The van der Waals surface area contributed by atoms with Crippen molar-refractivity contribution in [2.24, 2.45) is 0 Å². The SMILES string of the molecule is Cc1cn2ccc(-c3cc(=O)n4cc(N5CCN(C)CC5)ccc4n3)cc2n1. The molecule has 1 fully saturated rings. The number of hydrogen-bond donors (Lipinski definition) is 0. The van der Waals surface area contributed by atoms with Gasteiger partial charge in [0.1, 0.15) is 11.3 Å². The number of aryl methyl sites for hydroxylation is 1. The largest absolute Gasteiger partial charge is 0.368 e. The summed E-state index contributed by atoms with van der Waals surface area (Å²) in [5.74, 6) is 0. The highest BCUT2D eigenvalue weighted by Gasteiger charge is 2.15. The van der Waals surface area contributed by atoms with E-state index in [1.807, 2.05) is 48.1 Å². The van der Waals surface area contributed by atoms with Crippen LogP contribution in [0.3, 0.4) is 0 Å².